The second-order valence-corrected chi connectivity index (χ2v) is 4.66. The quantitative estimate of drug-likeness (QED) is 0.723. The summed E-state index contributed by atoms with van der Waals surface area (Å²) < 4.78 is 5.56. The maximum Gasteiger partial charge on any atom is 0.120 e. The topological polar surface area (TPSA) is 25.2 Å². The molecule has 1 aromatic rings. The van der Waals surface area contributed by atoms with Crippen LogP contribution in [0, 0.1) is 12.8 Å². The molecule has 1 heterocycles. The summed E-state index contributed by atoms with van der Waals surface area (Å²) in [5, 5.41) is 3.47. The van der Waals surface area contributed by atoms with Crippen molar-refractivity contribution in [2.75, 3.05) is 6.54 Å². The van der Waals surface area contributed by atoms with Crippen LogP contribution in [-0.4, -0.2) is 6.54 Å². The normalized spacial score (nSPS) is 13.4. The van der Waals surface area contributed by atoms with Gasteiger partial charge in [0.15, 0.2) is 0 Å². The molecule has 1 atom stereocenters. The van der Waals surface area contributed by atoms with Gasteiger partial charge in [0.25, 0.3) is 0 Å². The van der Waals surface area contributed by atoms with E-state index in [0.29, 0.717) is 6.04 Å². The Morgan fingerprint density at radius 2 is 2.00 bits per heavy atom. The first-order valence-electron chi connectivity index (χ1n) is 5.89. The molecule has 1 rings (SSSR count). The van der Waals surface area contributed by atoms with Crippen molar-refractivity contribution >= 4 is 0 Å². The van der Waals surface area contributed by atoms with Crippen molar-refractivity contribution in [3.63, 3.8) is 0 Å². The molecular formula is C13H23NO. The predicted octanol–water partition coefficient (Wildman–Crippen LogP) is 3.67. The number of hydrogen-bond acceptors (Lipinski definition) is 2. The molecule has 1 unspecified atom stereocenters. The maximum atomic E-state index is 5.56. The Labute approximate surface area is 93.1 Å². The van der Waals surface area contributed by atoms with Crippen LogP contribution in [0.1, 0.15) is 51.2 Å². The second kappa shape index (κ2) is 5.96. The Balaban J connectivity index is 2.21. The van der Waals surface area contributed by atoms with Gasteiger partial charge < -0.3 is 9.73 Å². The van der Waals surface area contributed by atoms with Crippen LogP contribution in [0.15, 0.2) is 16.5 Å². The lowest BCUT2D eigenvalue weighted by atomic mass is 10.1. The minimum absolute atomic E-state index is 0.325. The van der Waals surface area contributed by atoms with Gasteiger partial charge in [0.1, 0.15) is 11.5 Å². The molecule has 15 heavy (non-hydrogen) atoms. The number of hydrogen-bond donors (Lipinski definition) is 1. The van der Waals surface area contributed by atoms with Gasteiger partial charge in [-0.1, -0.05) is 13.8 Å². The fourth-order valence-electron chi connectivity index (χ4n) is 1.62. The van der Waals surface area contributed by atoms with Crippen molar-refractivity contribution in [2.45, 2.75) is 46.6 Å². The Hall–Kier alpha value is -0.760. The minimum atomic E-state index is 0.325. The van der Waals surface area contributed by atoms with Crippen molar-refractivity contribution in [3.05, 3.63) is 23.7 Å². The molecule has 0 saturated carbocycles. The molecule has 0 aliphatic carbocycles. The van der Waals surface area contributed by atoms with Gasteiger partial charge in [-0.25, -0.2) is 0 Å². The molecule has 0 amide bonds. The molecule has 0 aliphatic heterocycles. The summed E-state index contributed by atoms with van der Waals surface area (Å²) in [6.45, 7) is 9.72. The van der Waals surface area contributed by atoms with Crippen molar-refractivity contribution in [2.24, 2.45) is 5.92 Å². The van der Waals surface area contributed by atoms with Gasteiger partial charge >= 0.3 is 0 Å². The van der Waals surface area contributed by atoms with Crippen LogP contribution in [0.2, 0.25) is 0 Å². The fraction of sp³-hybridized carbons (Fsp3) is 0.692. The summed E-state index contributed by atoms with van der Waals surface area (Å²) in [5.41, 5.74) is 0. The molecule has 86 valence electrons. The van der Waals surface area contributed by atoms with Crippen molar-refractivity contribution < 1.29 is 4.42 Å². The van der Waals surface area contributed by atoms with E-state index < -0.39 is 0 Å². The van der Waals surface area contributed by atoms with Gasteiger partial charge in [-0.05, 0) is 51.3 Å². The summed E-state index contributed by atoms with van der Waals surface area (Å²) >= 11 is 0. The van der Waals surface area contributed by atoms with E-state index in [0.717, 1.165) is 24.0 Å². The van der Waals surface area contributed by atoms with Crippen molar-refractivity contribution in [3.8, 4) is 0 Å². The number of aryl methyl sites for hydroxylation is 1. The van der Waals surface area contributed by atoms with Crippen LogP contribution >= 0.6 is 0 Å². The van der Waals surface area contributed by atoms with Gasteiger partial charge in [0.05, 0.1) is 6.04 Å². The highest BCUT2D eigenvalue weighted by atomic mass is 16.3. The fourth-order valence-corrected chi connectivity index (χ4v) is 1.62. The average molecular weight is 209 g/mol. The monoisotopic (exact) mass is 209 g/mol. The SMILES string of the molecule is Cc1ccc(C(C)NCCCC(C)C)o1. The van der Waals surface area contributed by atoms with E-state index in [2.05, 4.69) is 32.2 Å². The Kier molecular flexibility index (Phi) is 4.89. The number of rotatable bonds is 6. The molecule has 1 aromatic heterocycles. The zero-order chi connectivity index (χ0) is 11.3. The minimum Gasteiger partial charge on any atom is -0.465 e. The molecule has 0 bridgehead atoms. The molecule has 0 radical (unpaired) electrons. The van der Waals surface area contributed by atoms with Crippen LogP contribution in [0.5, 0.6) is 0 Å². The second-order valence-electron chi connectivity index (χ2n) is 4.66. The third-order valence-corrected chi connectivity index (χ3v) is 2.60. The number of furan rings is 1. The zero-order valence-electron chi connectivity index (χ0n) is 10.3. The first kappa shape index (κ1) is 12.3. The lowest BCUT2D eigenvalue weighted by Crippen LogP contribution is -2.19. The molecule has 1 N–H and O–H groups in total. The lowest BCUT2D eigenvalue weighted by molar-refractivity contribution is 0.408. The van der Waals surface area contributed by atoms with Crippen LogP contribution in [0.3, 0.4) is 0 Å². The number of nitrogens with one attached hydrogen (secondary N) is 1. The summed E-state index contributed by atoms with van der Waals surface area (Å²) in [7, 11) is 0. The Morgan fingerprint density at radius 3 is 2.53 bits per heavy atom. The predicted molar refractivity (Wildman–Crippen MR) is 63.9 cm³/mol. The van der Waals surface area contributed by atoms with E-state index >= 15 is 0 Å². The van der Waals surface area contributed by atoms with Crippen molar-refractivity contribution in [1.29, 1.82) is 0 Å². The van der Waals surface area contributed by atoms with Gasteiger partial charge in [0.2, 0.25) is 0 Å². The highest BCUT2D eigenvalue weighted by molar-refractivity contribution is 5.08. The highest BCUT2D eigenvalue weighted by Crippen LogP contribution is 2.15. The van der Waals surface area contributed by atoms with Gasteiger partial charge in [0, 0.05) is 0 Å². The van der Waals surface area contributed by atoms with Gasteiger partial charge in [-0.15, -0.1) is 0 Å². The van der Waals surface area contributed by atoms with Crippen LogP contribution in [0.4, 0.5) is 0 Å². The summed E-state index contributed by atoms with van der Waals surface area (Å²) in [5.74, 6) is 2.82. The van der Waals surface area contributed by atoms with Crippen LogP contribution in [-0.2, 0) is 0 Å². The molecule has 2 heteroatoms. The van der Waals surface area contributed by atoms with E-state index in [4.69, 9.17) is 4.42 Å². The van der Waals surface area contributed by atoms with Crippen LogP contribution < -0.4 is 5.32 Å². The molecule has 2 nitrogen and oxygen atoms in total. The summed E-state index contributed by atoms with van der Waals surface area (Å²) in [4.78, 5) is 0. The van der Waals surface area contributed by atoms with E-state index in [1.807, 2.05) is 13.0 Å². The molecule has 0 spiro atoms. The zero-order valence-corrected chi connectivity index (χ0v) is 10.3. The standard InChI is InChI=1S/C13H23NO/c1-10(2)6-5-9-14-12(4)13-8-7-11(3)15-13/h7-8,10,12,14H,5-6,9H2,1-4H3. The molecule has 0 aliphatic rings. The summed E-state index contributed by atoms with van der Waals surface area (Å²) in [6, 6.07) is 4.39. The maximum absolute atomic E-state index is 5.56. The van der Waals surface area contributed by atoms with Gasteiger partial charge in [-0.3, -0.25) is 0 Å². The Morgan fingerprint density at radius 1 is 1.27 bits per heavy atom. The van der Waals surface area contributed by atoms with Gasteiger partial charge in [-0.2, -0.15) is 0 Å². The summed E-state index contributed by atoms with van der Waals surface area (Å²) in [6.07, 6.45) is 2.53. The third-order valence-electron chi connectivity index (χ3n) is 2.60. The van der Waals surface area contributed by atoms with Crippen LogP contribution in [0.25, 0.3) is 0 Å². The highest BCUT2D eigenvalue weighted by Gasteiger charge is 2.07. The molecular weight excluding hydrogens is 186 g/mol. The first-order chi connectivity index (χ1) is 7.09. The molecule has 0 aromatic carbocycles. The largest absolute Gasteiger partial charge is 0.465 e. The van der Waals surface area contributed by atoms with Crippen molar-refractivity contribution in [1.82, 2.24) is 5.32 Å². The Bertz CT molecular complexity index is 278. The third kappa shape index (κ3) is 4.52. The lowest BCUT2D eigenvalue weighted by Gasteiger charge is -2.11. The average Bonchev–Trinajstić information content (AvgIpc) is 2.59. The van der Waals surface area contributed by atoms with E-state index in [1.54, 1.807) is 0 Å². The first-order valence-corrected chi connectivity index (χ1v) is 5.89. The smallest absolute Gasteiger partial charge is 0.120 e. The van der Waals surface area contributed by atoms with E-state index in [1.165, 1.54) is 12.8 Å². The van der Waals surface area contributed by atoms with E-state index in [-0.39, 0.29) is 0 Å². The molecule has 0 saturated heterocycles. The van der Waals surface area contributed by atoms with E-state index in [9.17, 15) is 0 Å². The molecule has 0 fully saturated rings.